The van der Waals surface area contributed by atoms with E-state index in [4.69, 9.17) is 23.2 Å². The summed E-state index contributed by atoms with van der Waals surface area (Å²) in [7, 11) is 2.06. The number of rotatable bonds is 3. The molecule has 0 aromatic heterocycles. The van der Waals surface area contributed by atoms with Gasteiger partial charge in [-0.05, 0) is 18.2 Å². The number of ether oxygens (including phenoxy) is 2. The lowest BCUT2D eigenvalue weighted by Crippen LogP contribution is -2.45. The summed E-state index contributed by atoms with van der Waals surface area (Å²) in [5.74, 6) is -2.37. The first-order valence-corrected chi connectivity index (χ1v) is 5.47. The van der Waals surface area contributed by atoms with Crippen LogP contribution in [0, 0.1) is 0 Å². The molecule has 1 N–H and O–H groups in total. The fourth-order valence-corrected chi connectivity index (χ4v) is 1.90. The summed E-state index contributed by atoms with van der Waals surface area (Å²) in [6, 6.07) is 3.84. The minimum absolute atomic E-state index is 0.126. The van der Waals surface area contributed by atoms with Gasteiger partial charge in [-0.3, -0.25) is 0 Å². The molecule has 0 saturated carbocycles. The highest BCUT2D eigenvalue weighted by Gasteiger charge is 2.49. The maximum absolute atomic E-state index is 11.6. The van der Waals surface area contributed by atoms with Gasteiger partial charge in [-0.25, -0.2) is 9.59 Å². The van der Waals surface area contributed by atoms with Gasteiger partial charge in [-0.1, -0.05) is 23.2 Å². The molecule has 0 aliphatic heterocycles. The lowest BCUT2D eigenvalue weighted by molar-refractivity contribution is -0.181. The molecule has 5 nitrogen and oxygen atoms in total. The Morgan fingerprint density at radius 1 is 1.06 bits per heavy atom. The zero-order valence-electron chi connectivity index (χ0n) is 9.57. The van der Waals surface area contributed by atoms with Gasteiger partial charge in [0.25, 0.3) is 5.60 Å². The summed E-state index contributed by atoms with van der Waals surface area (Å²) in [4.78, 5) is 23.2. The van der Waals surface area contributed by atoms with Crippen LogP contribution in [0.2, 0.25) is 10.0 Å². The lowest BCUT2D eigenvalue weighted by Gasteiger charge is -2.23. The van der Waals surface area contributed by atoms with Gasteiger partial charge in [-0.15, -0.1) is 0 Å². The monoisotopic (exact) mass is 292 g/mol. The van der Waals surface area contributed by atoms with E-state index < -0.39 is 17.5 Å². The van der Waals surface area contributed by atoms with E-state index in [1.807, 2.05) is 0 Å². The Labute approximate surface area is 113 Å². The van der Waals surface area contributed by atoms with Gasteiger partial charge in [0.05, 0.1) is 14.2 Å². The van der Waals surface area contributed by atoms with E-state index in [0.29, 0.717) is 0 Å². The molecule has 0 bridgehead atoms. The number of carbonyl (C=O) groups is 2. The summed E-state index contributed by atoms with van der Waals surface area (Å²) in [6.45, 7) is 0. The first-order chi connectivity index (χ1) is 8.36. The molecule has 0 radical (unpaired) electrons. The maximum atomic E-state index is 11.6. The van der Waals surface area contributed by atoms with Crippen LogP contribution < -0.4 is 0 Å². The third-order valence-corrected chi connectivity index (χ3v) is 2.68. The van der Waals surface area contributed by atoms with E-state index >= 15 is 0 Å². The Morgan fingerprint density at radius 3 is 1.78 bits per heavy atom. The van der Waals surface area contributed by atoms with Gasteiger partial charge in [0, 0.05) is 15.6 Å². The van der Waals surface area contributed by atoms with Gasteiger partial charge in [0.15, 0.2) is 0 Å². The number of hydrogen-bond acceptors (Lipinski definition) is 5. The molecule has 0 amide bonds. The SMILES string of the molecule is COC(=O)C(O)(C(=O)OC)c1cc(Cl)cc(Cl)c1. The van der Waals surface area contributed by atoms with Crippen LogP contribution in [0.4, 0.5) is 0 Å². The molecule has 0 saturated heterocycles. The third kappa shape index (κ3) is 2.58. The van der Waals surface area contributed by atoms with E-state index in [1.54, 1.807) is 0 Å². The quantitative estimate of drug-likeness (QED) is 0.676. The molecule has 0 spiro atoms. The normalized spacial score (nSPS) is 10.9. The van der Waals surface area contributed by atoms with Crippen molar-refractivity contribution in [3.8, 4) is 0 Å². The second-order valence-electron chi connectivity index (χ2n) is 3.35. The van der Waals surface area contributed by atoms with Crippen LogP contribution in [0.3, 0.4) is 0 Å². The standard InChI is InChI=1S/C11H10Cl2O5/c1-17-9(14)11(16,10(15)18-2)6-3-7(12)5-8(13)4-6/h3-5,16H,1-2H3. The largest absolute Gasteiger partial charge is 0.466 e. The van der Waals surface area contributed by atoms with Crippen molar-refractivity contribution in [2.45, 2.75) is 5.60 Å². The highest BCUT2D eigenvalue weighted by molar-refractivity contribution is 6.34. The van der Waals surface area contributed by atoms with Crippen molar-refractivity contribution >= 4 is 35.1 Å². The average Bonchev–Trinajstić information content (AvgIpc) is 2.34. The highest BCUT2D eigenvalue weighted by Crippen LogP contribution is 2.29. The van der Waals surface area contributed by atoms with E-state index in [0.717, 1.165) is 14.2 Å². The van der Waals surface area contributed by atoms with E-state index in [1.165, 1.54) is 18.2 Å². The molecule has 7 heteroatoms. The Kier molecular flexibility index (Phi) is 4.56. The first kappa shape index (κ1) is 14.8. The van der Waals surface area contributed by atoms with Crippen molar-refractivity contribution in [1.82, 2.24) is 0 Å². The Balaban J connectivity index is 3.43. The van der Waals surface area contributed by atoms with E-state index in [-0.39, 0.29) is 15.6 Å². The zero-order valence-corrected chi connectivity index (χ0v) is 11.1. The van der Waals surface area contributed by atoms with Crippen molar-refractivity contribution in [1.29, 1.82) is 0 Å². The predicted octanol–water partition coefficient (Wildman–Crippen LogP) is 1.53. The summed E-state index contributed by atoms with van der Waals surface area (Å²) < 4.78 is 8.79. The van der Waals surface area contributed by atoms with Gasteiger partial charge >= 0.3 is 11.9 Å². The summed E-state index contributed by atoms with van der Waals surface area (Å²) in [5, 5.41) is 10.5. The fraction of sp³-hybridized carbons (Fsp3) is 0.273. The molecule has 0 aliphatic carbocycles. The number of hydrogen-bond donors (Lipinski definition) is 1. The van der Waals surface area contributed by atoms with E-state index in [9.17, 15) is 14.7 Å². The average molecular weight is 293 g/mol. The predicted molar refractivity (Wildman–Crippen MR) is 64.4 cm³/mol. The van der Waals surface area contributed by atoms with Crippen LogP contribution in [0.15, 0.2) is 18.2 Å². The first-order valence-electron chi connectivity index (χ1n) is 4.72. The molecule has 0 heterocycles. The molecule has 1 aromatic rings. The van der Waals surface area contributed by atoms with Crippen molar-refractivity contribution in [2.24, 2.45) is 0 Å². The Bertz CT molecular complexity index is 450. The van der Waals surface area contributed by atoms with Crippen LogP contribution in [0.5, 0.6) is 0 Å². The molecular weight excluding hydrogens is 283 g/mol. The molecule has 1 rings (SSSR count). The molecular formula is C11H10Cl2O5. The van der Waals surface area contributed by atoms with Gasteiger partial charge in [-0.2, -0.15) is 0 Å². The molecule has 0 aliphatic rings. The smallest absolute Gasteiger partial charge is 0.354 e. The second kappa shape index (κ2) is 5.56. The molecule has 0 fully saturated rings. The van der Waals surface area contributed by atoms with Crippen LogP contribution in [-0.2, 0) is 24.7 Å². The third-order valence-electron chi connectivity index (χ3n) is 2.24. The van der Waals surface area contributed by atoms with Crippen molar-refractivity contribution in [3.63, 3.8) is 0 Å². The minimum Gasteiger partial charge on any atom is -0.466 e. The van der Waals surface area contributed by atoms with Gasteiger partial charge in [0.1, 0.15) is 0 Å². The fourth-order valence-electron chi connectivity index (χ4n) is 1.38. The molecule has 1 aromatic carbocycles. The number of aliphatic hydroxyl groups is 1. The highest BCUT2D eigenvalue weighted by atomic mass is 35.5. The Morgan fingerprint density at radius 2 is 1.44 bits per heavy atom. The van der Waals surface area contributed by atoms with Gasteiger partial charge < -0.3 is 14.6 Å². The molecule has 98 valence electrons. The van der Waals surface area contributed by atoms with Crippen LogP contribution in [-0.4, -0.2) is 31.3 Å². The van der Waals surface area contributed by atoms with E-state index in [2.05, 4.69) is 9.47 Å². The summed E-state index contributed by atoms with van der Waals surface area (Å²) in [5.41, 5.74) is -2.73. The van der Waals surface area contributed by atoms with Crippen LogP contribution in [0.1, 0.15) is 5.56 Å². The summed E-state index contributed by atoms with van der Waals surface area (Å²) in [6.07, 6.45) is 0. The van der Waals surface area contributed by atoms with Crippen LogP contribution in [0.25, 0.3) is 0 Å². The number of halogens is 2. The second-order valence-corrected chi connectivity index (χ2v) is 4.22. The lowest BCUT2D eigenvalue weighted by atomic mass is 9.94. The van der Waals surface area contributed by atoms with Gasteiger partial charge in [0.2, 0.25) is 0 Å². The number of methoxy groups -OCH3 is 2. The van der Waals surface area contributed by atoms with Crippen LogP contribution >= 0.6 is 23.2 Å². The van der Waals surface area contributed by atoms with Crippen molar-refractivity contribution in [2.75, 3.05) is 14.2 Å². The van der Waals surface area contributed by atoms with Crippen molar-refractivity contribution < 1.29 is 24.2 Å². The zero-order chi connectivity index (χ0) is 13.9. The molecule has 0 unspecified atom stereocenters. The summed E-state index contributed by atoms with van der Waals surface area (Å²) >= 11 is 11.5. The number of esters is 2. The maximum Gasteiger partial charge on any atom is 0.354 e. The Hall–Kier alpha value is -1.30. The number of benzene rings is 1. The number of carbonyl (C=O) groups excluding carboxylic acids is 2. The minimum atomic E-state index is -2.60. The topological polar surface area (TPSA) is 72.8 Å². The molecule has 0 atom stereocenters. The molecule has 18 heavy (non-hydrogen) atoms. The van der Waals surface area contributed by atoms with Crippen molar-refractivity contribution in [3.05, 3.63) is 33.8 Å².